The van der Waals surface area contributed by atoms with Crippen LogP contribution in [0.25, 0.3) is 11.3 Å². The molecule has 2 aromatic heterocycles. The Morgan fingerprint density at radius 3 is 2.84 bits per heavy atom. The van der Waals surface area contributed by atoms with E-state index in [0.717, 1.165) is 22.6 Å². The number of hydrogen-bond acceptors (Lipinski definition) is 4. The summed E-state index contributed by atoms with van der Waals surface area (Å²) in [6.07, 6.45) is 5.54. The van der Waals surface area contributed by atoms with Gasteiger partial charge in [0.05, 0.1) is 6.20 Å². The molecule has 0 N–H and O–H groups in total. The minimum absolute atomic E-state index is 0.683. The molecule has 3 aromatic rings. The van der Waals surface area contributed by atoms with Crippen molar-refractivity contribution in [3.05, 3.63) is 54.6 Å². The lowest BCUT2D eigenvalue weighted by atomic mass is 10.2. The fourth-order valence-corrected chi connectivity index (χ4v) is 2.47. The van der Waals surface area contributed by atoms with Gasteiger partial charge in [0.25, 0.3) is 5.22 Å². The third-order valence-corrected chi connectivity index (χ3v) is 3.59. The van der Waals surface area contributed by atoms with Crippen LogP contribution in [0.1, 0.15) is 5.56 Å². The van der Waals surface area contributed by atoms with E-state index in [1.54, 1.807) is 22.7 Å². The number of oxazole rings is 1. The standard InChI is InChI=1S/C14H13N3OS/c1-17-8-11(7-15-17)10-19-14-16-13(9-18-14)12-5-3-2-4-6-12/h2-9H,10H2,1H3. The summed E-state index contributed by atoms with van der Waals surface area (Å²) in [7, 11) is 1.91. The van der Waals surface area contributed by atoms with Gasteiger partial charge < -0.3 is 4.42 Å². The molecule has 0 spiro atoms. The van der Waals surface area contributed by atoms with Crippen LogP contribution in [0.3, 0.4) is 0 Å². The van der Waals surface area contributed by atoms with Crippen LogP contribution in [0.5, 0.6) is 0 Å². The van der Waals surface area contributed by atoms with Crippen LogP contribution in [0.15, 0.2) is 58.6 Å². The van der Waals surface area contributed by atoms with Crippen molar-refractivity contribution in [3.63, 3.8) is 0 Å². The fraction of sp³-hybridized carbons (Fsp3) is 0.143. The lowest BCUT2D eigenvalue weighted by molar-refractivity contribution is 0.454. The summed E-state index contributed by atoms with van der Waals surface area (Å²) in [5.74, 6) is 0.808. The van der Waals surface area contributed by atoms with Crippen molar-refractivity contribution in [1.82, 2.24) is 14.8 Å². The highest BCUT2D eigenvalue weighted by molar-refractivity contribution is 7.98. The molecule has 19 heavy (non-hydrogen) atoms. The normalized spacial score (nSPS) is 10.8. The zero-order valence-corrected chi connectivity index (χ0v) is 11.3. The molecule has 0 radical (unpaired) electrons. The third-order valence-electron chi connectivity index (χ3n) is 2.67. The molecule has 0 amide bonds. The first-order valence-electron chi connectivity index (χ1n) is 5.92. The van der Waals surface area contributed by atoms with Gasteiger partial charge in [-0.25, -0.2) is 4.98 Å². The molecule has 0 atom stereocenters. The molecule has 0 aliphatic heterocycles. The first-order valence-corrected chi connectivity index (χ1v) is 6.91. The van der Waals surface area contributed by atoms with Crippen LogP contribution >= 0.6 is 11.8 Å². The maximum atomic E-state index is 5.47. The molecule has 4 nitrogen and oxygen atoms in total. The predicted molar refractivity (Wildman–Crippen MR) is 74.7 cm³/mol. The zero-order chi connectivity index (χ0) is 13.1. The Bertz CT molecular complexity index is 660. The second kappa shape index (κ2) is 5.32. The van der Waals surface area contributed by atoms with E-state index in [-0.39, 0.29) is 0 Å². The molecule has 0 saturated carbocycles. The first-order chi connectivity index (χ1) is 9.31. The van der Waals surface area contributed by atoms with Crippen molar-refractivity contribution in [1.29, 1.82) is 0 Å². The summed E-state index contributed by atoms with van der Waals surface area (Å²) in [6, 6.07) is 10.0. The Morgan fingerprint density at radius 2 is 2.11 bits per heavy atom. The maximum Gasteiger partial charge on any atom is 0.256 e. The molecule has 0 saturated heterocycles. The molecular weight excluding hydrogens is 258 g/mol. The minimum atomic E-state index is 0.683. The van der Waals surface area contributed by atoms with Gasteiger partial charge in [0.15, 0.2) is 0 Å². The number of rotatable bonds is 4. The highest BCUT2D eigenvalue weighted by atomic mass is 32.2. The molecule has 0 fully saturated rings. The number of benzene rings is 1. The average Bonchev–Trinajstić information content (AvgIpc) is 3.06. The lowest BCUT2D eigenvalue weighted by Gasteiger charge is -1.93. The molecule has 0 aliphatic rings. The number of hydrogen-bond donors (Lipinski definition) is 0. The van der Waals surface area contributed by atoms with E-state index in [0.29, 0.717) is 5.22 Å². The van der Waals surface area contributed by atoms with E-state index in [9.17, 15) is 0 Å². The van der Waals surface area contributed by atoms with Crippen molar-refractivity contribution >= 4 is 11.8 Å². The van der Waals surface area contributed by atoms with E-state index < -0.39 is 0 Å². The predicted octanol–water partition coefficient (Wildman–Crippen LogP) is 3.37. The molecule has 3 rings (SSSR count). The molecule has 96 valence electrons. The number of aryl methyl sites for hydroxylation is 1. The molecule has 2 heterocycles. The van der Waals surface area contributed by atoms with Crippen LogP contribution in [0.2, 0.25) is 0 Å². The highest BCUT2D eigenvalue weighted by Gasteiger charge is 2.07. The van der Waals surface area contributed by atoms with Crippen molar-refractivity contribution in [2.75, 3.05) is 0 Å². The van der Waals surface area contributed by atoms with E-state index >= 15 is 0 Å². The molecular formula is C14H13N3OS. The highest BCUT2D eigenvalue weighted by Crippen LogP contribution is 2.25. The van der Waals surface area contributed by atoms with Gasteiger partial charge in [0, 0.05) is 30.1 Å². The molecule has 1 aromatic carbocycles. The topological polar surface area (TPSA) is 43.9 Å². The largest absolute Gasteiger partial charge is 0.439 e. The maximum absolute atomic E-state index is 5.47. The van der Waals surface area contributed by atoms with Gasteiger partial charge in [0.1, 0.15) is 12.0 Å². The third kappa shape index (κ3) is 2.88. The Balaban J connectivity index is 1.68. The van der Waals surface area contributed by atoms with Gasteiger partial charge in [-0.3, -0.25) is 4.68 Å². The molecule has 0 aliphatic carbocycles. The second-order valence-electron chi connectivity index (χ2n) is 4.18. The molecule has 0 bridgehead atoms. The summed E-state index contributed by atoms with van der Waals surface area (Å²) in [6.45, 7) is 0. The summed E-state index contributed by atoms with van der Waals surface area (Å²) in [5.41, 5.74) is 3.10. The van der Waals surface area contributed by atoms with Crippen molar-refractivity contribution < 1.29 is 4.42 Å². The SMILES string of the molecule is Cn1cc(CSc2nc(-c3ccccc3)co2)cn1. The monoisotopic (exact) mass is 271 g/mol. The molecule has 5 heteroatoms. The Kier molecular flexibility index (Phi) is 3.37. The van der Waals surface area contributed by atoms with Gasteiger partial charge in [-0.05, 0) is 0 Å². The summed E-state index contributed by atoms with van der Waals surface area (Å²) >= 11 is 1.57. The number of nitrogens with zero attached hydrogens (tertiary/aromatic N) is 3. The van der Waals surface area contributed by atoms with E-state index in [1.165, 1.54) is 0 Å². The van der Waals surface area contributed by atoms with Gasteiger partial charge in [-0.15, -0.1) is 0 Å². The van der Waals surface area contributed by atoms with Gasteiger partial charge in [-0.2, -0.15) is 5.10 Å². The fourth-order valence-electron chi connectivity index (χ4n) is 1.76. The van der Waals surface area contributed by atoms with Crippen molar-refractivity contribution in [2.45, 2.75) is 11.0 Å². The Morgan fingerprint density at radius 1 is 1.26 bits per heavy atom. The Hall–Kier alpha value is -2.01. The minimum Gasteiger partial charge on any atom is -0.439 e. The van der Waals surface area contributed by atoms with E-state index in [2.05, 4.69) is 10.1 Å². The van der Waals surface area contributed by atoms with Crippen LogP contribution in [0.4, 0.5) is 0 Å². The smallest absolute Gasteiger partial charge is 0.256 e. The second-order valence-corrected chi connectivity index (χ2v) is 5.10. The number of thioether (sulfide) groups is 1. The first kappa shape index (κ1) is 12.0. The zero-order valence-electron chi connectivity index (χ0n) is 10.5. The van der Waals surface area contributed by atoms with Crippen LogP contribution in [0, 0.1) is 0 Å². The van der Waals surface area contributed by atoms with Gasteiger partial charge in [-0.1, -0.05) is 42.1 Å². The summed E-state index contributed by atoms with van der Waals surface area (Å²) < 4.78 is 7.26. The van der Waals surface area contributed by atoms with Crippen LogP contribution in [-0.4, -0.2) is 14.8 Å². The average molecular weight is 271 g/mol. The van der Waals surface area contributed by atoms with E-state index in [1.807, 2.05) is 49.8 Å². The quantitative estimate of drug-likeness (QED) is 0.682. The summed E-state index contributed by atoms with van der Waals surface area (Å²) in [5, 5.41) is 4.82. The molecule has 0 unspecified atom stereocenters. The van der Waals surface area contributed by atoms with Gasteiger partial charge in [0.2, 0.25) is 0 Å². The Labute approximate surface area is 115 Å². The lowest BCUT2D eigenvalue weighted by Crippen LogP contribution is -1.84. The van der Waals surface area contributed by atoms with Crippen molar-refractivity contribution in [3.8, 4) is 11.3 Å². The van der Waals surface area contributed by atoms with Crippen molar-refractivity contribution in [2.24, 2.45) is 7.05 Å². The number of aromatic nitrogens is 3. The van der Waals surface area contributed by atoms with Crippen LogP contribution in [-0.2, 0) is 12.8 Å². The van der Waals surface area contributed by atoms with Gasteiger partial charge >= 0.3 is 0 Å². The van der Waals surface area contributed by atoms with Crippen LogP contribution < -0.4 is 0 Å². The van der Waals surface area contributed by atoms with E-state index in [4.69, 9.17) is 4.42 Å². The summed E-state index contributed by atoms with van der Waals surface area (Å²) in [4.78, 5) is 4.47.